The van der Waals surface area contributed by atoms with Crippen LogP contribution in [0.3, 0.4) is 0 Å². The molecule has 4 rings (SSSR count). The van der Waals surface area contributed by atoms with Gasteiger partial charge in [-0.15, -0.1) is 12.6 Å². The summed E-state index contributed by atoms with van der Waals surface area (Å²) in [7, 11) is 0. The van der Waals surface area contributed by atoms with Gasteiger partial charge in [0.15, 0.2) is 0 Å². The molecule has 3 nitrogen and oxygen atoms in total. The zero-order valence-electron chi connectivity index (χ0n) is 12.3. The van der Waals surface area contributed by atoms with Gasteiger partial charge in [0, 0.05) is 24.1 Å². The molecule has 0 bridgehead atoms. The Balaban J connectivity index is 0.000000143. The van der Waals surface area contributed by atoms with E-state index in [1.165, 1.54) is 18.6 Å². The Morgan fingerprint density at radius 3 is 3.05 bits per heavy atom. The number of pyridine rings is 1. The fourth-order valence-electron chi connectivity index (χ4n) is 3.28. The van der Waals surface area contributed by atoms with E-state index in [0.717, 1.165) is 29.7 Å². The fraction of sp³-hybridized carbons (Fsp3) is 0.471. The molecule has 2 saturated heterocycles. The molecule has 3 atom stereocenters. The van der Waals surface area contributed by atoms with E-state index in [-0.39, 0.29) is 0 Å². The molecule has 3 aliphatic rings. The molecule has 3 unspecified atom stereocenters. The highest BCUT2D eigenvalue weighted by Crippen LogP contribution is 2.42. The van der Waals surface area contributed by atoms with E-state index in [0.29, 0.717) is 12.0 Å². The van der Waals surface area contributed by atoms with Crippen LogP contribution in [0.2, 0.25) is 0 Å². The molecule has 1 aromatic rings. The Labute approximate surface area is 131 Å². The second-order valence-electron chi connectivity index (χ2n) is 5.79. The zero-order valence-corrected chi connectivity index (χ0v) is 13.2. The first kappa shape index (κ1) is 14.7. The maximum atomic E-state index is 5.92. The van der Waals surface area contributed by atoms with Crippen molar-refractivity contribution in [2.24, 2.45) is 11.8 Å². The predicted molar refractivity (Wildman–Crippen MR) is 87.4 cm³/mol. The van der Waals surface area contributed by atoms with Gasteiger partial charge in [-0.25, -0.2) is 4.98 Å². The van der Waals surface area contributed by atoms with Crippen LogP contribution in [0.25, 0.3) is 0 Å². The summed E-state index contributed by atoms with van der Waals surface area (Å²) in [4.78, 5) is 4.04. The van der Waals surface area contributed by atoms with Gasteiger partial charge in [0.05, 0.1) is 5.03 Å². The van der Waals surface area contributed by atoms with Crippen LogP contribution >= 0.6 is 12.6 Å². The standard InChI is InChI=1S/C11H15NO.C6H7NS/c1-2-4-10-8(3-1)9-5-6-12-7-11(9)13-10;1-5-3-2-4-6(8)7-5/h1-2,4,8-9,11-12H,3,5-7H2;2-4H,1H3,(H,7,8). The van der Waals surface area contributed by atoms with Gasteiger partial charge in [-0.05, 0) is 44.5 Å². The van der Waals surface area contributed by atoms with Crippen molar-refractivity contribution in [3.63, 3.8) is 0 Å². The van der Waals surface area contributed by atoms with Gasteiger partial charge < -0.3 is 10.1 Å². The Kier molecular flexibility index (Phi) is 4.66. The number of aromatic nitrogens is 1. The topological polar surface area (TPSA) is 34.1 Å². The summed E-state index contributed by atoms with van der Waals surface area (Å²) < 4.78 is 5.92. The normalized spacial score (nSPS) is 29.4. The fourth-order valence-corrected chi connectivity index (χ4v) is 3.53. The van der Waals surface area contributed by atoms with Crippen molar-refractivity contribution >= 4 is 12.6 Å². The zero-order chi connectivity index (χ0) is 14.7. The molecule has 0 spiro atoms. The van der Waals surface area contributed by atoms with Crippen molar-refractivity contribution in [2.45, 2.75) is 30.9 Å². The number of hydrogen-bond donors (Lipinski definition) is 2. The largest absolute Gasteiger partial charge is 0.493 e. The number of fused-ring (bicyclic) bond motifs is 3. The Bertz CT molecular complexity index is 538. The minimum Gasteiger partial charge on any atom is -0.493 e. The minimum absolute atomic E-state index is 0.449. The van der Waals surface area contributed by atoms with Crippen molar-refractivity contribution < 1.29 is 4.74 Å². The van der Waals surface area contributed by atoms with Gasteiger partial charge in [-0.3, -0.25) is 0 Å². The molecule has 2 fully saturated rings. The number of nitrogens with one attached hydrogen (secondary N) is 1. The lowest BCUT2D eigenvalue weighted by atomic mass is 9.81. The van der Waals surface area contributed by atoms with E-state index in [2.05, 4.69) is 41.2 Å². The Morgan fingerprint density at radius 1 is 1.38 bits per heavy atom. The first-order valence-corrected chi connectivity index (χ1v) is 8.05. The third kappa shape index (κ3) is 3.50. The van der Waals surface area contributed by atoms with E-state index in [9.17, 15) is 0 Å². The first-order chi connectivity index (χ1) is 10.2. The number of thiol groups is 1. The van der Waals surface area contributed by atoms with Crippen LogP contribution in [0, 0.1) is 18.8 Å². The summed E-state index contributed by atoms with van der Waals surface area (Å²) in [5, 5.41) is 4.18. The SMILES string of the molecule is C1=CCC2C(=C1)OC1CNCCC12.Cc1cccc(S)n1. The second-order valence-corrected chi connectivity index (χ2v) is 6.25. The van der Waals surface area contributed by atoms with Gasteiger partial charge in [-0.1, -0.05) is 18.2 Å². The summed E-state index contributed by atoms with van der Waals surface area (Å²) in [6.45, 7) is 4.15. The van der Waals surface area contributed by atoms with Crippen LogP contribution in [0.15, 0.2) is 47.2 Å². The third-order valence-electron chi connectivity index (χ3n) is 4.31. The van der Waals surface area contributed by atoms with E-state index in [1.54, 1.807) is 0 Å². The molecule has 1 aromatic heterocycles. The molecule has 1 N–H and O–H groups in total. The lowest BCUT2D eigenvalue weighted by Crippen LogP contribution is -2.39. The third-order valence-corrected chi connectivity index (χ3v) is 4.56. The minimum atomic E-state index is 0.449. The van der Waals surface area contributed by atoms with Crippen molar-refractivity contribution in [3.8, 4) is 0 Å². The quantitative estimate of drug-likeness (QED) is 0.723. The molecule has 3 heterocycles. The van der Waals surface area contributed by atoms with Crippen LogP contribution in [-0.2, 0) is 4.74 Å². The highest BCUT2D eigenvalue weighted by Gasteiger charge is 2.42. The number of ether oxygens (including phenoxy) is 1. The number of aryl methyl sites for hydroxylation is 1. The highest BCUT2D eigenvalue weighted by molar-refractivity contribution is 7.80. The van der Waals surface area contributed by atoms with Crippen LogP contribution in [0.5, 0.6) is 0 Å². The van der Waals surface area contributed by atoms with Gasteiger partial charge in [0.2, 0.25) is 0 Å². The maximum absolute atomic E-state index is 5.92. The second kappa shape index (κ2) is 6.67. The molecule has 0 amide bonds. The highest BCUT2D eigenvalue weighted by atomic mass is 32.1. The number of nitrogens with zero attached hydrogens (tertiary/aromatic N) is 1. The smallest absolute Gasteiger partial charge is 0.114 e. The summed E-state index contributed by atoms with van der Waals surface area (Å²) in [5.74, 6) is 2.70. The van der Waals surface area contributed by atoms with Crippen LogP contribution < -0.4 is 5.32 Å². The van der Waals surface area contributed by atoms with Crippen molar-refractivity contribution in [3.05, 3.63) is 47.9 Å². The molecular formula is C17H22N2OS. The van der Waals surface area contributed by atoms with E-state index in [4.69, 9.17) is 4.74 Å². The van der Waals surface area contributed by atoms with Crippen LogP contribution in [-0.4, -0.2) is 24.2 Å². The van der Waals surface area contributed by atoms with Gasteiger partial charge >= 0.3 is 0 Å². The molecule has 21 heavy (non-hydrogen) atoms. The summed E-state index contributed by atoms with van der Waals surface area (Å²) >= 11 is 4.04. The number of piperidine rings is 1. The van der Waals surface area contributed by atoms with E-state index in [1.807, 2.05) is 25.1 Å². The Morgan fingerprint density at radius 2 is 2.29 bits per heavy atom. The Hall–Kier alpha value is -1.26. The average molecular weight is 302 g/mol. The van der Waals surface area contributed by atoms with Gasteiger partial charge in [-0.2, -0.15) is 0 Å². The molecule has 112 valence electrons. The number of allylic oxidation sites excluding steroid dienone is 4. The van der Waals surface area contributed by atoms with Crippen LogP contribution in [0.4, 0.5) is 0 Å². The summed E-state index contributed by atoms with van der Waals surface area (Å²) in [6.07, 6.45) is 9.45. The average Bonchev–Trinajstić information content (AvgIpc) is 2.86. The molecule has 2 aliphatic heterocycles. The molecule has 0 radical (unpaired) electrons. The van der Waals surface area contributed by atoms with Crippen LogP contribution in [0.1, 0.15) is 18.5 Å². The predicted octanol–water partition coefficient (Wildman–Crippen LogP) is 3.13. The lowest BCUT2D eigenvalue weighted by molar-refractivity contribution is 0.108. The molecular weight excluding hydrogens is 280 g/mol. The monoisotopic (exact) mass is 302 g/mol. The van der Waals surface area contributed by atoms with Crippen molar-refractivity contribution in [1.82, 2.24) is 10.3 Å². The molecule has 0 saturated carbocycles. The molecule has 4 heteroatoms. The molecule has 1 aliphatic carbocycles. The van der Waals surface area contributed by atoms with Crippen molar-refractivity contribution in [2.75, 3.05) is 13.1 Å². The maximum Gasteiger partial charge on any atom is 0.114 e. The van der Waals surface area contributed by atoms with E-state index >= 15 is 0 Å². The number of hydrogen-bond acceptors (Lipinski definition) is 4. The van der Waals surface area contributed by atoms with E-state index < -0.39 is 0 Å². The first-order valence-electron chi connectivity index (χ1n) is 7.61. The number of rotatable bonds is 0. The van der Waals surface area contributed by atoms with Gasteiger partial charge in [0.1, 0.15) is 11.9 Å². The van der Waals surface area contributed by atoms with Crippen molar-refractivity contribution in [1.29, 1.82) is 0 Å². The van der Waals surface area contributed by atoms with Gasteiger partial charge in [0.25, 0.3) is 0 Å². The summed E-state index contributed by atoms with van der Waals surface area (Å²) in [6, 6.07) is 5.74. The molecule has 0 aromatic carbocycles. The summed E-state index contributed by atoms with van der Waals surface area (Å²) in [5.41, 5.74) is 1.01. The lowest BCUT2D eigenvalue weighted by Gasteiger charge is -2.26.